The van der Waals surface area contributed by atoms with E-state index in [2.05, 4.69) is 0 Å². The molecule has 0 aliphatic rings. The van der Waals surface area contributed by atoms with Crippen molar-refractivity contribution >= 4 is 11.9 Å². The summed E-state index contributed by atoms with van der Waals surface area (Å²) in [6.45, 7) is 11.1. The van der Waals surface area contributed by atoms with Gasteiger partial charge >= 0.3 is 11.9 Å². The first kappa shape index (κ1) is 19.5. The molecule has 0 bridgehead atoms. The van der Waals surface area contributed by atoms with Gasteiger partial charge in [-0.3, -0.25) is 0 Å². The first-order chi connectivity index (χ1) is 12.0. The molecule has 0 saturated heterocycles. The molecule has 2 aromatic rings. The number of ether oxygens (including phenoxy) is 1. The molecular weight excluding hydrogens is 332 g/mol. The molecule has 0 unspecified atom stereocenters. The molecule has 2 aromatic carbocycles. The van der Waals surface area contributed by atoms with Gasteiger partial charge in [-0.1, -0.05) is 0 Å². The van der Waals surface area contributed by atoms with Gasteiger partial charge in [0.05, 0.1) is 12.7 Å². The molecule has 138 valence electrons. The standard InChI is InChI=1S/C21H24O5/c1-9-8-15(20(22)23)16(12(4)10(9)2)17-13(5)11(3)14(6)19(26-7)18(17)21(24)25/h8H,1-7H3,(H,22,23)(H,24,25). The van der Waals surface area contributed by atoms with Crippen LogP contribution in [0, 0.1) is 41.5 Å². The Labute approximate surface area is 153 Å². The number of carboxylic acids is 2. The lowest BCUT2D eigenvalue weighted by molar-refractivity contribution is 0.0682. The third kappa shape index (κ3) is 2.83. The summed E-state index contributed by atoms with van der Waals surface area (Å²) in [7, 11) is 1.43. The zero-order chi connectivity index (χ0) is 19.9. The lowest BCUT2D eigenvalue weighted by Gasteiger charge is -2.23. The van der Waals surface area contributed by atoms with Crippen LogP contribution in [0.4, 0.5) is 0 Å². The minimum atomic E-state index is -1.14. The summed E-state index contributed by atoms with van der Waals surface area (Å²) in [6.07, 6.45) is 0. The first-order valence-corrected chi connectivity index (χ1v) is 8.30. The third-order valence-electron chi connectivity index (χ3n) is 5.38. The molecule has 2 N–H and O–H groups in total. The number of carboxylic acid groups (broad SMARTS) is 2. The van der Waals surface area contributed by atoms with E-state index >= 15 is 0 Å². The monoisotopic (exact) mass is 356 g/mol. The van der Waals surface area contributed by atoms with Gasteiger partial charge in [0.1, 0.15) is 11.3 Å². The van der Waals surface area contributed by atoms with Crippen LogP contribution in [-0.4, -0.2) is 29.3 Å². The van der Waals surface area contributed by atoms with Crippen molar-refractivity contribution in [2.24, 2.45) is 0 Å². The van der Waals surface area contributed by atoms with Gasteiger partial charge < -0.3 is 14.9 Å². The number of methoxy groups -OCH3 is 1. The average molecular weight is 356 g/mol. The topological polar surface area (TPSA) is 83.8 Å². The molecule has 5 nitrogen and oxygen atoms in total. The fraction of sp³-hybridized carbons (Fsp3) is 0.333. The zero-order valence-corrected chi connectivity index (χ0v) is 16.2. The quantitative estimate of drug-likeness (QED) is 0.836. The van der Waals surface area contributed by atoms with Crippen molar-refractivity contribution < 1.29 is 24.5 Å². The van der Waals surface area contributed by atoms with E-state index in [0.29, 0.717) is 11.1 Å². The Morgan fingerprint density at radius 3 is 1.77 bits per heavy atom. The fourth-order valence-electron chi connectivity index (χ4n) is 3.47. The maximum absolute atomic E-state index is 12.1. The maximum atomic E-state index is 12.1. The fourth-order valence-corrected chi connectivity index (χ4v) is 3.47. The summed E-state index contributed by atoms with van der Waals surface area (Å²) in [6, 6.07) is 1.60. The lowest BCUT2D eigenvalue weighted by Crippen LogP contribution is -2.12. The average Bonchev–Trinajstić information content (AvgIpc) is 2.57. The summed E-state index contributed by atoms with van der Waals surface area (Å²) in [5, 5.41) is 19.7. The maximum Gasteiger partial charge on any atom is 0.340 e. The molecule has 0 amide bonds. The van der Waals surface area contributed by atoms with Crippen molar-refractivity contribution in [3.8, 4) is 16.9 Å². The third-order valence-corrected chi connectivity index (χ3v) is 5.38. The number of carbonyl (C=O) groups is 2. The number of rotatable bonds is 4. The largest absolute Gasteiger partial charge is 0.496 e. The number of hydrogen-bond acceptors (Lipinski definition) is 3. The van der Waals surface area contributed by atoms with E-state index in [1.165, 1.54) is 7.11 Å². The summed E-state index contributed by atoms with van der Waals surface area (Å²) in [5.41, 5.74) is 5.89. The molecule has 0 aromatic heterocycles. The van der Waals surface area contributed by atoms with Crippen LogP contribution in [-0.2, 0) is 0 Å². The van der Waals surface area contributed by atoms with E-state index in [0.717, 1.165) is 33.4 Å². The molecule has 26 heavy (non-hydrogen) atoms. The SMILES string of the molecule is COc1c(C)c(C)c(C)c(-c2c(C(=O)O)cc(C)c(C)c2C)c1C(=O)O. The van der Waals surface area contributed by atoms with Gasteiger partial charge in [-0.25, -0.2) is 9.59 Å². The summed E-state index contributed by atoms with van der Waals surface area (Å²) in [4.78, 5) is 24.0. The van der Waals surface area contributed by atoms with Gasteiger partial charge in [-0.2, -0.15) is 0 Å². The second kappa shape index (κ2) is 6.83. The highest BCUT2D eigenvalue weighted by molar-refractivity contribution is 6.06. The van der Waals surface area contributed by atoms with Crippen LogP contribution in [0.25, 0.3) is 11.1 Å². The van der Waals surface area contributed by atoms with E-state index in [9.17, 15) is 19.8 Å². The molecule has 0 radical (unpaired) electrons. The molecule has 0 aliphatic heterocycles. The second-order valence-corrected chi connectivity index (χ2v) is 6.63. The van der Waals surface area contributed by atoms with Crippen molar-refractivity contribution in [3.63, 3.8) is 0 Å². The Morgan fingerprint density at radius 1 is 0.769 bits per heavy atom. The molecule has 2 rings (SSSR count). The molecule has 0 saturated carbocycles. The van der Waals surface area contributed by atoms with Crippen LogP contribution in [0.15, 0.2) is 6.07 Å². The van der Waals surface area contributed by atoms with E-state index in [4.69, 9.17) is 4.74 Å². The van der Waals surface area contributed by atoms with Gasteiger partial charge in [-0.05, 0) is 81.0 Å². The van der Waals surface area contributed by atoms with E-state index in [-0.39, 0.29) is 16.9 Å². The van der Waals surface area contributed by atoms with Crippen molar-refractivity contribution in [2.45, 2.75) is 41.5 Å². The zero-order valence-electron chi connectivity index (χ0n) is 16.2. The number of aryl methyl sites for hydroxylation is 1. The summed E-state index contributed by atoms with van der Waals surface area (Å²) >= 11 is 0. The summed E-state index contributed by atoms with van der Waals surface area (Å²) < 4.78 is 5.40. The highest BCUT2D eigenvalue weighted by atomic mass is 16.5. The predicted octanol–water partition coefficient (Wildman–Crippen LogP) is 4.61. The molecule has 5 heteroatoms. The molecule has 0 aliphatic carbocycles. The number of aromatic carboxylic acids is 2. The normalized spacial score (nSPS) is 10.7. The Hall–Kier alpha value is -2.82. The van der Waals surface area contributed by atoms with E-state index in [1.807, 2.05) is 41.5 Å². The van der Waals surface area contributed by atoms with Gasteiger partial charge in [0, 0.05) is 11.1 Å². The van der Waals surface area contributed by atoms with Gasteiger partial charge in [0.2, 0.25) is 0 Å². The molecule has 0 heterocycles. The van der Waals surface area contributed by atoms with Crippen molar-refractivity contribution in [1.82, 2.24) is 0 Å². The number of hydrogen-bond donors (Lipinski definition) is 2. The van der Waals surface area contributed by atoms with Crippen LogP contribution in [0.3, 0.4) is 0 Å². The van der Waals surface area contributed by atoms with Crippen LogP contribution in [0.5, 0.6) is 5.75 Å². The van der Waals surface area contributed by atoms with Crippen LogP contribution >= 0.6 is 0 Å². The van der Waals surface area contributed by atoms with Crippen molar-refractivity contribution in [1.29, 1.82) is 0 Å². The van der Waals surface area contributed by atoms with E-state index in [1.54, 1.807) is 6.07 Å². The Morgan fingerprint density at radius 2 is 1.31 bits per heavy atom. The minimum absolute atomic E-state index is 0.00181. The Balaban J connectivity index is 3.17. The predicted molar refractivity (Wildman–Crippen MR) is 101 cm³/mol. The minimum Gasteiger partial charge on any atom is -0.496 e. The molecule has 0 fully saturated rings. The highest BCUT2D eigenvalue weighted by Crippen LogP contribution is 2.42. The van der Waals surface area contributed by atoms with Crippen molar-refractivity contribution in [3.05, 3.63) is 50.6 Å². The number of benzene rings is 2. The second-order valence-electron chi connectivity index (χ2n) is 6.63. The lowest BCUT2D eigenvalue weighted by atomic mass is 9.82. The van der Waals surface area contributed by atoms with Crippen LogP contribution < -0.4 is 4.74 Å². The first-order valence-electron chi connectivity index (χ1n) is 8.30. The summed E-state index contributed by atoms with van der Waals surface area (Å²) in [5.74, 6) is -1.96. The van der Waals surface area contributed by atoms with Crippen LogP contribution in [0.1, 0.15) is 54.1 Å². The Bertz CT molecular complexity index is 939. The highest BCUT2D eigenvalue weighted by Gasteiger charge is 2.28. The van der Waals surface area contributed by atoms with Gasteiger partial charge in [0.25, 0.3) is 0 Å². The Kier molecular flexibility index (Phi) is 5.12. The van der Waals surface area contributed by atoms with Crippen LogP contribution in [0.2, 0.25) is 0 Å². The molecule has 0 spiro atoms. The smallest absolute Gasteiger partial charge is 0.340 e. The van der Waals surface area contributed by atoms with Gasteiger partial charge in [-0.15, -0.1) is 0 Å². The molecular formula is C21H24O5. The molecule has 0 atom stereocenters. The van der Waals surface area contributed by atoms with Gasteiger partial charge in [0.15, 0.2) is 0 Å². The van der Waals surface area contributed by atoms with E-state index < -0.39 is 11.9 Å². The van der Waals surface area contributed by atoms with Crippen molar-refractivity contribution in [2.75, 3.05) is 7.11 Å².